The number of hydroxylamine groups is 1. The van der Waals surface area contributed by atoms with Crippen LogP contribution >= 0.6 is 0 Å². The van der Waals surface area contributed by atoms with Crippen LogP contribution in [0.3, 0.4) is 0 Å². The van der Waals surface area contributed by atoms with Crippen molar-refractivity contribution in [2.24, 2.45) is 0 Å². The highest BCUT2D eigenvalue weighted by Gasteiger charge is 2.19. The predicted molar refractivity (Wildman–Crippen MR) is 128 cm³/mol. The summed E-state index contributed by atoms with van der Waals surface area (Å²) in [4.78, 5) is 36.0. The van der Waals surface area contributed by atoms with E-state index in [-0.39, 0.29) is 17.1 Å². The molecular weight excluding hydrogens is 430 g/mol. The summed E-state index contributed by atoms with van der Waals surface area (Å²) < 4.78 is 0. The smallest absolute Gasteiger partial charge is 0.329 e. The SMILES string of the molecule is CC(=O)ONC(=O)c1nc(Cc2ccc(-c3ccc(-c4ccccc4)cc3)cc2)nc(C)c1O. The van der Waals surface area contributed by atoms with E-state index in [0.717, 1.165) is 29.2 Å². The van der Waals surface area contributed by atoms with Gasteiger partial charge >= 0.3 is 11.9 Å². The summed E-state index contributed by atoms with van der Waals surface area (Å²) in [5.74, 6) is -1.51. The first-order valence-corrected chi connectivity index (χ1v) is 10.7. The number of rotatable bonds is 5. The van der Waals surface area contributed by atoms with Crippen LogP contribution in [0.25, 0.3) is 22.3 Å². The molecule has 0 fully saturated rings. The van der Waals surface area contributed by atoms with Crippen molar-refractivity contribution >= 4 is 11.9 Å². The van der Waals surface area contributed by atoms with Gasteiger partial charge in [0.2, 0.25) is 0 Å². The number of carbonyl (C=O) groups is 2. The van der Waals surface area contributed by atoms with Gasteiger partial charge in [0.15, 0.2) is 11.4 Å². The van der Waals surface area contributed by atoms with E-state index in [4.69, 9.17) is 0 Å². The van der Waals surface area contributed by atoms with Crippen LogP contribution < -0.4 is 5.48 Å². The monoisotopic (exact) mass is 453 g/mol. The molecule has 0 aliphatic rings. The summed E-state index contributed by atoms with van der Waals surface area (Å²) in [6, 6.07) is 26.6. The van der Waals surface area contributed by atoms with E-state index < -0.39 is 11.9 Å². The van der Waals surface area contributed by atoms with E-state index in [1.54, 1.807) is 6.92 Å². The lowest BCUT2D eigenvalue weighted by molar-refractivity contribution is -0.146. The average Bonchev–Trinajstić information content (AvgIpc) is 2.86. The second kappa shape index (κ2) is 9.95. The summed E-state index contributed by atoms with van der Waals surface area (Å²) in [6.45, 7) is 2.73. The minimum atomic E-state index is -0.825. The number of hydrogen-bond donors (Lipinski definition) is 2. The quantitative estimate of drug-likeness (QED) is 0.428. The number of aryl methyl sites for hydroxylation is 1. The Balaban J connectivity index is 1.49. The lowest BCUT2D eigenvalue weighted by atomic mass is 9.99. The Hall–Kier alpha value is -4.52. The number of aromatic hydroxyl groups is 1. The predicted octanol–water partition coefficient (Wildman–Crippen LogP) is 4.62. The van der Waals surface area contributed by atoms with Gasteiger partial charge in [0.25, 0.3) is 0 Å². The van der Waals surface area contributed by atoms with Gasteiger partial charge in [-0.1, -0.05) is 78.9 Å². The number of aromatic nitrogens is 2. The molecule has 1 heterocycles. The van der Waals surface area contributed by atoms with Crippen molar-refractivity contribution in [3.8, 4) is 28.0 Å². The Kier molecular flexibility index (Phi) is 6.64. The van der Waals surface area contributed by atoms with Crippen LogP contribution in [0.5, 0.6) is 5.75 Å². The maximum Gasteiger partial charge on any atom is 0.329 e. The maximum absolute atomic E-state index is 12.2. The summed E-state index contributed by atoms with van der Waals surface area (Å²) >= 11 is 0. The fourth-order valence-electron chi connectivity index (χ4n) is 3.51. The number of amides is 1. The molecule has 1 amide bonds. The van der Waals surface area contributed by atoms with Crippen molar-refractivity contribution in [1.82, 2.24) is 15.4 Å². The van der Waals surface area contributed by atoms with Crippen LogP contribution in [0.15, 0.2) is 78.9 Å². The van der Waals surface area contributed by atoms with Gasteiger partial charge in [0.05, 0.1) is 5.69 Å². The number of nitrogens with one attached hydrogen (secondary N) is 1. The molecule has 0 saturated carbocycles. The Morgan fingerprint density at radius 2 is 1.35 bits per heavy atom. The van der Waals surface area contributed by atoms with E-state index in [0.29, 0.717) is 12.2 Å². The summed E-state index contributed by atoms with van der Waals surface area (Å²) in [5, 5.41) is 10.2. The third-order valence-corrected chi connectivity index (χ3v) is 5.25. The zero-order valence-corrected chi connectivity index (χ0v) is 18.8. The molecule has 2 N–H and O–H groups in total. The Bertz CT molecular complexity index is 1320. The van der Waals surface area contributed by atoms with Crippen molar-refractivity contribution in [2.45, 2.75) is 20.3 Å². The lowest BCUT2D eigenvalue weighted by Gasteiger charge is -2.10. The maximum atomic E-state index is 12.2. The van der Waals surface area contributed by atoms with Crippen LogP contribution in [-0.2, 0) is 16.1 Å². The first-order valence-electron chi connectivity index (χ1n) is 10.7. The number of nitrogens with zero attached hydrogens (tertiary/aromatic N) is 2. The molecule has 34 heavy (non-hydrogen) atoms. The molecule has 4 aromatic rings. The standard InChI is InChI=1S/C27H23N3O4/c1-17-26(32)25(27(33)30-34-18(2)31)29-24(28-17)16-19-8-10-21(11-9-19)23-14-12-22(13-15-23)20-6-4-3-5-7-20/h3-15,32H,16H2,1-2H3,(H,30,33). The van der Waals surface area contributed by atoms with E-state index >= 15 is 0 Å². The van der Waals surface area contributed by atoms with Crippen LogP contribution in [0, 0.1) is 6.92 Å². The van der Waals surface area contributed by atoms with Crippen LogP contribution in [-0.4, -0.2) is 27.0 Å². The molecule has 1 aromatic heterocycles. The van der Waals surface area contributed by atoms with Gasteiger partial charge in [-0.2, -0.15) is 5.48 Å². The highest BCUT2D eigenvalue weighted by Crippen LogP contribution is 2.26. The summed E-state index contributed by atoms with van der Waals surface area (Å²) in [7, 11) is 0. The van der Waals surface area contributed by atoms with E-state index in [1.807, 2.05) is 47.9 Å². The number of benzene rings is 3. The Morgan fingerprint density at radius 1 is 0.824 bits per heavy atom. The molecule has 0 saturated heterocycles. The number of carbonyl (C=O) groups excluding carboxylic acids is 2. The summed E-state index contributed by atoms with van der Waals surface area (Å²) in [6.07, 6.45) is 0.363. The molecule has 170 valence electrons. The first kappa shape index (κ1) is 22.7. The molecule has 0 aliphatic carbocycles. The molecule has 0 atom stereocenters. The van der Waals surface area contributed by atoms with Crippen molar-refractivity contribution < 1.29 is 19.5 Å². The second-order valence-corrected chi connectivity index (χ2v) is 7.76. The van der Waals surface area contributed by atoms with Gasteiger partial charge < -0.3 is 9.94 Å². The van der Waals surface area contributed by atoms with Gasteiger partial charge in [0, 0.05) is 13.3 Å². The molecule has 7 nitrogen and oxygen atoms in total. The van der Waals surface area contributed by atoms with Gasteiger partial charge in [-0.15, -0.1) is 0 Å². The van der Waals surface area contributed by atoms with Crippen LogP contribution in [0.1, 0.15) is 34.5 Å². The van der Waals surface area contributed by atoms with Crippen molar-refractivity contribution in [3.63, 3.8) is 0 Å². The lowest BCUT2D eigenvalue weighted by Crippen LogP contribution is -2.27. The fraction of sp³-hybridized carbons (Fsp3) is 0.111. The van der Waals surface area contributed by atoms with Crippen molar-refractivity contribution in [2.75, 3.05) is 0 Å². The molecule has 0 radical (unpaired) electrons. The Morgan fingerprint density at radius 3 is 1.91 bits per heavy atom. The molecule has 7 heteroatoms. The van der Waals surface area contributed by atoms with Gasteiger partial charge in [-0.25, -0.2) is 9.97 Å². The van der Waals surface area contributed by atoms with Crippen LogP contribution in [0.2, 0.25) is 0 Å². The van der Waals surface area contributed by atoms with E-state index in [1.165, 1.54) is 5.56 Å². The highest BCUT2D eigenvalue weighted by atomic mass is 16.7. The molecule has 0 unspecified atom stereocenters. The number of hydrogen-bond acceptors (Lipinski definition) is 6. The topological polar surface area (TPSA) is 101 Å². The van der Waals surface area contributed by atoms with E-state index in [2.05, 4.69) is 51.2 Å². The Labute approximate surface area is 197 Å². The second-order valence-electron chi connectivity index (χ2n) is 7.76. The third-order valence-electron chi connectivity index (χ3n) is 5.25. The minimum Gasteiger partial charge on any atom is -0.504 e. The minimum absolute atomic E-state index is 0.251. The molecule has 4 rings (SSSR count). The van der Waals surface area contributed by atoms with Gasteiger partial charge in [-0.3, -0.25) is 9.59 Å². The molecule has 3 aromatic carbocycles. The highest BCUT2D eigenvalue weighted by molar-refractivity contribution is 5.95. The van der Waals surface area contributed by atoms with Crippen LogP contribution in [0.4, 0.5) is 0 Å². The molecule has 0 spiro atoms. The third kappa shape index (κ3) is 5.27. The zero-order chi connectivity index (χ0) is 24.1. The first-order chi connectivity index (χ1) is 16.4. The fourth-order valence-corrected chi connectivity index (χ4v) is 3.51. The molecule has 0 aliphatic heterocycles. The van der Waals surface area contributed by atoms with E-state index in [9.17, 15) is 14.7 Å². The normalized spacial score (nSPS) is 10.5. The van der Waals surface area contributed by atoms with Crippen molar-refractivity contribution in [1.29, 1.82) is 0 Å². The van der Waals surface area contributed by atoms with Gasteiger partial charge in [-0.05, 0) is 34.7 Å². The molecule has 0 bridgehead atoms. The average molecular weight is 453 g/mol. The van der Waals surface area contributed by atoms with Gasteiger partial charge in [0.1, 0.15) is 5.82 Å². The van der Waals surface area contributed by atoms with Crippen molar-refractivity contribution in [3.05, 3.63) is 102 Å². The largest absolute Gasteiger partial charge is 0.504 e. The molecular formula is C27H23N3O4. The zero-order valence-electron chi connectivity index (χ0n) is 18.8. The summed E-state index contributed by atoms with van der Waals surface area (Å²) in [5.41, 5.74) is 7.43.